The van der Waals surface area contributed by atoms with E-state index in [2.05, 4.69) is 14.9 Å². The van der Waals surface area contributed by atoms with E-state index in [1.165, 1.54) is 0 Å². The molecule has 1 aliphatic rings. The Balaban J connectivity index is 1.48. The van der Waals surface area contributed by atoms with Crippen molar-refractivity contribution in [3.05, 3.63) is 82.0 Å². The molecule has 0 saturated heterocycles. The average Bonchev–Trinajstić information content (AvgIpc) is 3.09. The summed E-state index contributed by atoms with van der Waals surface area (Å²) in [6.45, 7) is 8.15. The predicted octanol–water partition coefficient (Wildman–Crippen LogP) is 4.06. The second-order valence-electron chi connectivity index (χ2n) is 10.1. The monoisotopic (exact) mass is 470 g/mol. The molecule has 0 amide bonds. The highest BCUT2D eigenvalue weighted by Crippen LogP contribution is 2.31. The van der Waals surface area contributed by atoms with Gasteiger partial charge in [0, 0.05) is 54.6 Å². The average molecular weight is 471 g/mol. The quantitative estimate of drug-likeness (QED) is 0.457. The van der Waals surface area contributed by atoms with Crippen LogP contribution in [0.4, 0.5) is 0 Å². The maximum atomic E-state index is 13.0. The predicted molar refractivity (Wildman–Crippen MR) is 137 cm³/mol. The molecule has 1 aliphatic heterocycles. The number of carbonyl (C=O) groups excluding carboxylic acids is 1. The van der Waals surface area contributed by atoms with E-state index < -0.39 is 5.60 Å². The molecule has 7 nitrogen and oxygen atoms in total. The smallest absolute Gasteiger partial charge is 0.324 e. The number of nitrogens with one attached hydrogen (secondary N) is 1. The lowest BCUT2D eigenvalue weighted by atomic mass is 9.98. The molecule has 0 spiro atoms. The topological polar surface area (TPSA) is 78.1 Å². The largest absolute Gasteiger partial charge is 0.459 e. The van der Waals surface area contributed by atoms with Gasteiger partial charge in [-0.2, -0.15) is 0 Å². The fraction of sp³-hybridized carbons (Fsp3) is 0.321. The van der Waals surface area contributed by atoms with Crippen LogP contribution in [0.15, 0.2) is 59.5 Å². The molecule has 1 N–H and O–H groups in total. The van der Waals surface area contributed by atoms with E-state index in [4.69, 9.17) is 4.74 Å². The lowest BCUT2D eigenvalue weighted by Crippen LogP contribution is -2.45. The number of aromatic nitrogens is 3. The summed E-state index contributed by atoms with van der Waals surface area (Å²) in [5, 5.41) is 4.42. The zero-order valence-electron chi connectivity index (χ0n) is 20.8. The molecule has 35 heavy (non-hydrogen) atoms. The number of benzene rings is 1. The van der Waals surface area contributed by atoms with Crippen LogP contribution in [0, 0.1) is 6.92 Å². The van der Waals surface area contributed by atoms with Gasteiger partial charge in [0.05, 0.1) is 16.9 Å². The minimum atomic E-state index is -0.523. The van der Waals surface area contributed by atoms with Crippen LogP contribution in [0.3, 0.4) is 0 Å². The van der Waals surface area contributed by atoms with Crippen LogP contribution in [0.25, 0.3) is 27.8 Å². The van der Waals surface area contributed by atoms with Gasteiger partial charge in [0.1, 0.15) is 11.6 Å². The molecule has 180 valence electrons. The second kappa shape index (κ2) is 8.50. The van der Waals surface area contributed by atoms with Crippen molar-refractivity contribution in [3.8, 4) is 16.9 Å². The van der Waals surface area contributed by atoms with Crippen molar-refractivity contribution in [2.75, 3.05) is 0 Å². The molecule has 1 atom stereocenters. The highest BCUT2D eigenvalue weighted by atomic mass is 16.6. The van der Waals surface area contributed by atoms with E-state index in [-0.39, 0.29) is 17.6 Å². The van der Waals surface area contributed by atoms with E-state index in [9.17, 15) is 9.59 Å². The van der Waals surface area contributed by atoms with Crippen LogP contribution in [-0.2, 0) is 29.5 Å². The number of esters is 1. The van der Waals surface area contributed by atoms with Crippen molar-refractivity contribution in [1.82, 2.24) is 19.4 Å². The third kappa shape index (κ3) is 4.39. The summed E-state index contributed by atoms with van der Waals surface area (Å²) in [5.41, 5.74) is 5.96. The summed E-state index contributed by atoms with van der Waals surface area (Å²) >= 11 is 0. The van der Waals surface area contributed by atoms with E-state index in [1.54, 1.807) is 16.8 Å². The number of hydrogen-bond acceptors (Lipinski definition) is 5. The molecule has 0 aliphatic carbocycles. The Morgan fingerprint density at radius 1 is 1.14 bits per heavy atom. The van der Waals surface area contributed by atoms with Crippen LogP contribution in [-0.4, -0.2) is 31.7 Å². The van der Waals surface area contributed by atoms with Crippen molar-refractivity contribution < 1.29 is 9.53 Å². The second-order valence-corrected chi connectivity index (χ2v) is 10.1. The lowest BCUT2D eigenvalue weighted by molar-refractivity contribution is -0.157. The zero-order valence-corrected chi connectivity index (χ0v) is 20.8. The van der Waals surface area contributed by atoms with E-state index in [0.717, 1.165) is 44.8 Å². The first-order valence-electron chi connectivity index (χ1n) is 11.8. The third-order valence-electron chi connectivity index (χ3n) is 6.42. The van der Waals surface area contributed by atoms with Gasteiger partial charge in [-0.15, -0.1) is 0 Å². The van der Waals surface area contributed by atoms with Gasteiger partial charge < -0.3 is 9.30 Å². The van der Waals surface area contributed by atoms with Gasteiger partial charge in [-0.3, -0.25) is 24.5 Å². The minimum Gasteiger partial charge on any atom is -0.459 e. The molecule has 1 aromatic carbocycles. The summed E-state index contributed by atoms with van der Waals surface area (Å²) in [4.78, 5) is 30.2. The molecule has 4 heterocycles. The van der Waals surface area contributed by atoms with E-state index in [1.807, 2.05) is 77.2 Å². The van der Waals surface area contributed by atoms with Crippen LogP contribution >= 0.6 is 0 Å². The first-order valence-corrected chi connectivity index (χ1v) is 11.8. The number of rotatable bonds is 3. The van der Waals surface area contributed by atoms with E-state index in [0.29, 0.717) is 13.0 Å². The molecule has 0 bridgehead atoms. The molecule has 0 radical (unpaired) electrons. The molecule has 7 heteroatoms. The number of carbonyl (C=O) groups is 1. The Hall–Kier alpha value is -3.71. The van der Waals surface area contributed by atoms with Crippen molar-refractivity contribution in [2.45, 2.75) is 52.3 Å². The lowest BCUT2D eigenvalue weighted by Gasteiger charge is -2.27. The van der Waals surface area contributed by atoms with Gasteiger partial charge in [0.25, 0.3) is 5.56 Å². The van der Waals surface area contributed by atoms with Crippen LogP contribution in [0.1, 0.15) is 37.7 Å². The summed E-state index contributed by atoms with van der Waals surface area (Å²) < 4.78 is 9.39. The molecule has 0 saturated carbocycles. The van der Waals surface area contributed by atoms with Crippen molar-refractivity contribution in [2.24, 2.45) is 7.05 Å². The molecule has 3 aromatic heterocycles. The van der Waals surface area contributed by atoms with Gasteiger partial charge in [-0.25, -0.2) is 0 Å². The molecule has 1 unspecified atom stereocenters. The SMILES string of the molecule is Cc1cccc(-c2ccn(-c3ccc4c5c(n(C)c4c3)CNC(C(=O)OC(C)(C)C)C5)c(=O)c2)n1. The molecular formula is C28H30N4O3. The third-order valence-corrected chi connectivity index (χ3v) is 6.42. The number of fused-ring (bicyclic) bond motifs is 3. The Bertz CT molecular complexity index is 1510. The molecular weight excluding hydrogens is 440 g/mol. The number of pyridine rings is 2. The summed E-state index contributed by atoms with van der Waals surface area (Å²) in [7, 11) is 2.02. The van der Waals surface area contributed by atoms with Crippen LogP contribution < -0.4 is 10.9 Å². The number of ether oxygens (including phenoxy) is 1. The van der Waals surface area contributed by atoms with Crippen molar-refractivity contribution >= 4 is 16.9 Å². The van der Waals surface area contributed by atoms with Gasteiger partial charge in [0.2, 0.25) is 0 Å². The van der Waals surface area contributed by atoms with Crippen LogP contribution in [0.2, 0.25) is 0 Å². The van der Waals surface area contributed by atoms with Gasteiger partial charge in [0.15, 0.2) is 0 Å². The number of hydrogen-bond donors (Lipinski definition) is 1. The van der Waals surface area contributed by atoms with Gasteiger partial charge in [-0.1, -0.05) is 12.1 Å². The van der Waals surface area contributed by atoms with Crippen molar-refractivity contribution in [3.63, 3.8) is 0 Å². The first kappa shape index (κ1) is 23.1. The highest BCUT2D eigenvalue weighted by molar-refractivity contribution is 5.89. The Morgan fingerprint density at radius 3 is 2.66 bits per heavy atom. The van der Waals surface area contributed by atoms with Gasteiger partial charge >= 0.3 is 5.97 Å². The zero-order chi connectivity index (χ0) is 24.9. The number of nitrogens with zero attached hydrogens (tertiary/aromatic N) is 3. The van der Waals surface area contributed by atoms with Gasteiger partial charge in [-0.05, 0) is 63.6 Å². The standard InChI is InChI=1S/C28H30N4O3/c1-17-7-6-8-22(30-17)18-11-12-32(26(33)13-18)19-9-10-20-21-15-23(27(34)35-28(2,3)4)29-16-25(21)31(5)24(20)14-19/h6-14,23,29H,15-16H2,1-5H3. The normalized spacial score (nSPS) is 15.7. The fourth-order valence-electron chi connectivity index (χ4n) is 4.75. The fourth-order valence-corrected chi connectivity index (χ4v) is 4.75. The summed E-state index contributed by atoms with van der Waals surface area (Å²) in [6, 6.07) is 15.0. The Labute approximate surface area is 204 Å². The molecule has 5 rings (SSSR count). The highest BCUT2D eigenvalue weighted by Gasteiger charge is 2.31. The molecule has 0 fully saturated rings. The molecule has 4 aromatic rings. The minimum absolute atomic E-state index is 0.115. The maximum absolute atomic E-state index is 13.0. The summed E-state index contributed by atoms with van der Waals surface area (Å²) in [6.07, 6.45) is 2.37. The summed E-state index contributed by atoms with van der Waals surface area (Å²) in [5.74, 6) is -0.230. The van der Waals surface area contributed by atoms with Crippen molar-refractivity contribution in [1.29, 1.82) is 0 Å². The Morgan fingerprint density at radius 2 is 1.94 bits per heavy atom. The van der Waals surface area contributed by atoms with Crippen LogP contribution in [0.5, 0.6) is 0 Å². The maximum Gasteiger partial charge on any atom is 0.324 e. The van der Waals surface area contributed by atoms with E-state index >= 15 is 0 Å². The number of aryl methyl sites for hydroxylation is 2. The first-order chi connectivity index (χ1) is 16.6. The Kier molecular flexibility index (Phi) is 5.60.